The van der Waals surface area contributed by atoms with Crippen molar-refractivity contribution in [3.05, 3.63) is 68.6 Å². The number of benzene rings is 2. The van der Waals surface area contributed by atoms with E-state index in [2.05, 4.69) is 31.9 Å². The van der Waals surface area contributed by atoms with E-state index in [9.17, 15) is 9.90 Å². The summed E-state index contributed by atoms with van der Waals surface area (Å²) in [4.78, 5) is 10.1. The predicted molar refractivity (Wildman–Crippen MR) is 99.5 cm³/mol. The molecule has 0 aliphatic carbocycles. The number of hydrogen-bond donors (Lipinski definition) is 2. The van der Waals surface area contributed by atoms with Crippen LogP contribution >= 0.6 is 31.9 Å². The van der Waals surface area contributed by atoms with Gasteiger partial charge in [0.2, 0.25) is 0 Å². The normalized spacial score (nSPS) is 12.1. The van der Waals surface area contributed by atoms with Gasteiger partial charge < -0.3 is 10.2 Å². The topological polar surface area (TPSA) is 57.5 Å². The van der Waals surface area contributed by atoms with Crippen molar-refractivity contribution in [2.45, 2.75) is 20.0 Å². The van der Waals surface area contributed by atoms with Gasteiger partial charge in [-0.2, -0.15) is 0 Å². The van der Waals surface area contributed by atoms with Crippen LogP contribution in [0, 0.1) is 5.41 Å². The smallest absolute Gasteiger partial charge is 0.150 e. The molecule has 0 aliphatic rings. The Morgan fingerprint density at radius 3 is 1.83 bits per heavy atom. The van der Waals surface area contributed by atoms with Crippen LogP contribution in [0.25, 0.3) is 0 Å². The number of rotatable bonds is 4. The number of aliphatic hydroxyl groups is 2. The molecule has 124 valence electrons. The van der Waals surface area contributed by atoms with Gasteiger partial charge in [0.05, 0.1) is 12.7 Å². The maximum atomic E-state index is 10.1. The molecular formula is C18H20Br2O3. The molecule has 0 heterocycles. The molecule has 2 aromatic rings. The summed E-state index contributed by atoms with van der Waals surface area (Å²) in [5.41, 5.74) is 1.03. The molecule has 3 nitrogen and oxygen atoms in total. The Hall–Kier alpha value is -1.01. The molecule has 1 unspecified atom stereocenters. The molecule has 0 radical (unpaired) electrons. The fourth-order valence-electron chi connectivity index (χ4n) is 1.72. The lowest BCUT2D eigenvalue weighted by molar-refractivity contribution is 0.00638. The molecule has 5 heteroatoms. The summed E-state index contributed by atoms with van der Waals surface area (Å²) < 4.78 is 1.98. The largest absolute Gasteiger partial charge is 0.396 e. The number of halogens is 2. The average molecular weight is 444 g/mol. The number of aldehydes is 1. The van der Waals surface area contributed by atoms with E-state index >= 15 is 0 Å². The molecule has 0 saturated carbocycles. The Balaban J connectivity index is 0.000000253. The van der Waals surface area contributed by atoms with Gasteiger partial charge in [-0.3, -0.25) is 4.79 Å². The quantitative estimate of drug-likeness (QED) is 0.669. The van der Waals surface area contributed by atoms with Gasteiger partial charge in [-0.05, 0) is 29.8 Å². The highest BCUT2D eigenvalue weighted by molar-refractivity contribution is 9.10. The molecule has 23 heavy (non-hydrogen) atoms. The Morgan fingerprint density at radius 2 is 1.43 bits per heavy atom. The van der Waals surface area contributed by atoms with Crippen LogP contribution in [0.15, 0.2) is 57.5 Å². The predicted octanol–water partition coefficient (Wildman–Crippen LogP) is 4.76. The maximum Gasteiger partial charge on any atom is 0.150 e. The minimum atomic E-state index is -0.638. The molecule has 2 aromatic carbocycles. The molecule has 0 spiro atoms. The van der Waals surface area contributed by atoms with Crippen molar-refractivity contribution >= 4 is 38.1 Å². The fourth-order valence-corrected chi connectivity index (χ4v) is 2.25. The number of carbonyl (C=O) groups excluding carboxylic acids is 1. The number of carbonyl (C=O) groups is 1. The van der Waals surface area contributed by atoms with Gasteiger partial charge in [0.1, 0.15) is 6.29 Å². The molecule has 0 aromatic heterocycles. The second kappa shape index (κ2) is 9.33. The third-order valence-electron chi connectivity index (χ3n) is 3.34. The first-order chi connectivity index (χ1) is 10.8. The lowest BCUT2D eigenvalue weighted by Crippen LogP contribution is -2.25. The first-order valence-corrected chi connectivity index (χ1v) is 8.64. The number of aliphatic hydroxyl groups excluding tert-OH is 2. The van der Waals surface area contributed by atoms with Gasteiger partial charge in [-0.1, -0.05) is 70.0 Å². The lowest BCUT2D eigenvalue weighted by atomic mass is 9.83. The van der Waals surface area contributed by atoms with Crippen molar-refractivity contribution < 1.29 is 15.0 Å². The molecule has 1 atom stereocenters. The summed E-state index contributed by atoms with van der Waals surface area (Å²) >= 11 is 6.59. The zero-order chi connectivity index (χ0) is 17.5. The second-order valence-corrected chi connectivity index (χ2v) is 7.60. The molecule has 2 rings (SSSR count). The van der Waals surface area contributed by atoms with Crippen LogP contribution in [0.1, 0.15) is 35.9 Å². The molecule has 0 bridgehead atoms. The highest BCUT2D eigenvalue weighted by atomic mass is 79.9. The Bertz CT molecular complexity index is 607. The van der Waals surface area contributed by atoms with E-state index in [4.69, 9.17) is 5.11 Å². The Morgan fingerprint density at radius 1 is 1.00 bits per heavy atom. The summed E-state index contributed by atoms with van der Waals surface area (Å²) in [5.74, 6) is 0. The minimum Gasteiger partial charge on any atom is -0.396 e. The minimum absolute atomic E-state index is 0.0375. The van der Waals surface area contributed by atoms with E-state index < -0.39 is 11.5 Å². The van der Waals surface area contributed by atoms with Crippen LogP contribution in [0.2, 0.25) is 0 Å². The van der Waals surface area contributed by atoms with E-state index in [-0.39, 0.29) is 6.61 Å². The van der Waals surface area contributed by atoms with Crippen molar-refractivity contribution in [2.24, 2.45) is 5.41 Å². The van der Waals surface area contributed by atoms with E-state index in [0.717, 1.165) is 20.8 Å². The number of hydrogen-bond acceptors (Lipinski definition) is 3. The second-order valence-electron chi connectivity index (χ2n) is 5.77. The maximum absolute atomic E-state index is 10.1. The van der Waals surface area contributed by atoms with Crippen molar-refractivity contribution in [2.75, 3.05) is 6.61 Å². The van der Waals surface area contributed by atoms with Crippen molar-refractivity contribution in [3.63, 3.8) is 0 Å². The molecule has 2 N–H and O–H groups in total. The monoisotopic (exact) mass is 442 g/mol. The summed E-state index contributed by atoms with van der Waals surface area (Å²) in [6.07, 6.45) is 0.187. The van der Waals surface area contributed by atoms with Crippen LogP contribution in [0.4, 0.5) is 0 Å². The van der Waals surface area contributed by atoms with Crippen LogP contribution in [0.3, 0.4) is 0 Å². The Labute approximate surface area is 153 Å². The summed E-state index contributed by atoms with van der Waals surface area (Å²) in [6.45, 7) is 3.63. The highest BCUT2D eigenvalue weighted by Crippen LogP contribution is 2.32. The van der Waals surface area contributed by atoms with Gasteiger partial charge in [0.25, 0.3) is 0 Å². The zero-order valence-electron chi connectivity index (χ0n) is 13.0. The van der Waals surface area contributed by atoms with E-state index in [1.807, 2.05) is 50.2 Å². The lowest BCUT2D eigenvalue weighted by Gasteiger charge is -2.28. The first-order valence-electron chi connectivity index (χ1n) is 7.05. The molecular weight excluding hydrogens is 424 g/mol. The third-order valence-corrected chi connectivity index (χ3v) is 4.40. The highest BCUT2D eigenvalue weighted by Gasteiger charge is 2.28. The standard InChI is InChI=1S/C11H15BrO2.C7H5BrO/c1-11(2,7-13)10(14)8-3-5-9(12)6-4-8;8-7-3-1-6(5-9)2-4-7/h3-6,10,13-14H,7H2,1-2H3;1-5H. The van der Waals surface area contributed by atoms with Gasteiger partial charge >= 0.3 is 0 Å². The zero-order valence-corrected chi connectivity index (χ0v) is 16.2. The summed E-state index contributed by atoms with van der Waals surface area (Å²) in [5, 5.41) is 19.1. The van der Waals surface area contributed by atoms with Gasteiger partial charge in [-0.25, -0.2) is 0 Å². The van der Waals surface area contributed by atoms with Gasteiger partial charge in [0, 0.05) is 19.9 Å². The van der Waals surface area contributed by atoms with Crippen molar-refractivity contribution in [3.8, 4) is 0 Å². The SMILES string of the molecule is CC(C)(CO)C(O)c1ccc(Br)cc1.O=Cc1ccc(Br)cc1. The van der Waals surface area contributed by atoms with E-state index in [1.54, 1.807) is 12.1 Å². The van der Waals surface area contributed by atoms with Crippen molar-refractivity contribution in [1.29, 1.82) is 0 Å². The Kier molecular flexibility index (Phi) is 8.12. The molecule has 0 amide bonds. The van der Waals surface area contributed by atoms with Crippen molar-refractivity contribution in [1.82, 2.24) is 0 Å². The molecule has 0 fully saturated rings. The van der Waals surface area contributed by atoms with Gasteiger partial charge in [0.15, 0.2) is 0 Å². The van der Waals surface area contributed by atoms with E-state index in [0.29, 0.717) is 5.56 Å². The van der Waals surface area contributed by atoms with E-state index in [1.165, 1.54) is 0 Å². The summed E-state index contributed by atoms with van der Waals surface area (Å²) in [7, 11) is 0. The van der Waals surface area contributed by atoms with Crippen LogP contribution in [-0.4, -0.2) is 23.1 Å². The molecule has 0 aliphatic heterocycles. The van der Waals surface area contributed by atoms with Crippen LogP contribution in [0.5, 0.6) is 0 Å². The molecule has 0 saturated heterocycles. The van der Waals surface area contributed by atoms with Crippen LogP contribution < -0.4 is 0 Å². The van der Waals surface area contributed by atoms with Crippen LogP contribution in [-0.2, 0) is 0 Å². The third kappa shape index (κ3) is 6.55. The average Bonchev–Trinajstić information content (AvgIpc) is 2.56. The fraction of sp³-hybridized carbons (Fsp3) is 0.278. The first kappa shape index (κ1) is 20.0. The summed E-state index contributed by atoms with van der Waals surface area (Å²) in [6, 6.07) is 14.7. The van der Waals surface area contributed by atoms with Gasteiger partial charge in [-0.15, -0.1) is 0 Å².